The summed E-state index contributed by atoms with van der Waals surface area (Å²) in [6, 6.07) is 7.85. The number of para-hydroxylation sites is 1. The molecule has 1 heterocycles. The van der Waals surface area contributed by atoms with Crippen molar-refractivity contribution in [3.63, 3.8) is 0 Å². The van der Waals surface area contributed by atoms with Crippen molar-refractivity contribution in [2.75, 3.05) is 37.4 Å². The van der Waals surface area contributed by atoms with Gasteiger partial charge in [0, 0.05) is 13.1 Å². The topological polar surface area (TPSA) is 133 Å². The van der Waals surface area contributed by atoms with Crippen molar-refractivity contribution in [1.82, 2.24) is 9.97 Å². The van der Waals surface area contributed by atoms with E-state index in [0.29, 0.717) is 36.7 Å². The van der Waals surface area contributed by atoms with Gasteiger partial charge in [0.25, 0.3) is 0 Å². The lowest BCUT2D eigenvalue weighted by Gasteiger charge is -2.28. The summed E-state index contributed by atoms with van der Waals surface area (Å²) in [4.78, 5) is 8.58. The van der Waals surface area contributed by atoms with Gasteiger partial charge in [0.2, 0.25) is 11.6 Å². The molecule has 9 nitrogen and oxygen atoms in total. The van der Waals surface area contributed by atoms with Gasteiger partial charge in [-0.3, -0.25) is 0 Å². The lowest BCUT2D eigenvalue weighted by Crippen LogP contribution is -2.99. The summed E-state index contributed by atoms with van der Waals surface area (Å²) in [5.41, 5.74) is 6.93. The second kappa shape index (κ2) is 11.1. The van der Waals surface area contributed by atoms with E-state index in [-0.39, 0.29) is 5.69 Å². The summed E-state index contributed by atoms with van der Waals surface area (Å²) < 4.78 is 5.37. The molecule has 1 unspecified atom stereocenters. The van der Waals surface area contributed by atoms with E-state index in [1.807, 2.05) is 24.3 Å². The Hall–Kier alpha value is -2.46. The molecule has 0 radical (unpaired) electrons. The Labute approximate surface area is 177 Å². The number of benzene rings is 1. The van der Waals surface area contributed by atoms with Gasteiger partial charge in [-0.25, -0.2) is 10.2 Å². The number of rotatable bonds is 10. The molecule has 0 amide bonds. The maximum Gasteiger partial charge on any atom is 0.225 e. The van der Waals surface area contributed by atoms with Gasteiger partial charge >= 0.3 is 0 Å². The minimum atomic E-state index is -1.04. The Kier molecular flexibility index (Phi) is 8.21. The molecular formula is C21H32N6O3. The lowest BCUT2D eigenvalue weighted by atomic mass is 9.82. The molecule has 0 saturated heterocycles. The fourth-order valence-electron chi connectivity index (χ4n) is 3.89. The molecule has 164 valence electrons. The van der Waals surface area contributed by atoms with Crippen LogP contribution in [0.2, 0.25) is 0 Å². The van der Waals surface area contributed by atoms with E-state index in [4.69, 9.17) is 10.5 Å². The highest BCUT2D eigenvalue weighted by molar-refractivity contribution is 5.56. The monoisotopic (exact) mass is 416 g/mol. The van der Waals surface area contributed by atoms with Crippen molar-refractivity contribution in [3.05, 3.63) is 41.2 Å². The number of ether oxygens (including phenoxy) is 1. The third kappa shape index (κ3) is 6.02. The zero-order valence-electron chi connectivity index (χ0n) is 17.4. The number of hydrogen-bond donors (Lipinski definition) is 5. The van der Waals surface area contributed by atoms with Crippen LogP contribution in [0.4, 0.5) is 17.5 Å². The molecular weight excluding hydrogens is 384 g/mol. The van der Waals surface area contributed by atoms with Crippen LogP contribution in [0.5, 0.6) is 5.75 Å². The van der Waals surface area contributed by atoms with Gasteiger partial charge in [-0.2, -0.15) is 10.2 Å². The van der Waals surface area contributed by atoms with Crippen LogP contribution in [0.3, 0.4) is 0 Å². The van der Waals surface area contributed by atoms with Gasteiger partial charge in [-0.05, 0) is 62.1 Å². The molecule has 1 aromatic heterocycles. The molecule has 1 aliphatic carbocycles. The van der Waals surface area contributed by atoms with E-state index in [1.165, 1.54) is 6.20 Å². The third-order valence-electron chi connectivity index (χ3n) is 5.75. The molecule has 0 aliphatic heterocycles. The van der Waals surface area contributed by atoms with Crippen LogP contribution in [-0.4, -0.2) is 41.9 Å². The highest BCUT2D eigenvalue weighted by Crippen LogP contribution is 2.28. The molecule has 2 aromatic rings. The smallest absolute Gasteiger partial charge is 0.225 e. The summed E-state index contributed by atoms with van der Waals surface area (Å²) in [6.07, 6.45) is 6.57. The average Bonchev–Trinajstić information content (AvgIpc) is 2.78. The summed E-state index contributed by atoms with van der Waals surface area (Å²) in [7, 11) is 1.65. The minimum Gasteiger partial charge on any atom is -0.595 e. The molecule has 0 bridgehead atoms. The van der Waals surface area contributed by atoms with Crippen LogP contribution in [0.25, 0.3) is 0 Å². The Balaban J connectivity index is 1.58. The summed E-state index contributed by atoms with van der Waals surface area (Å²) in [6.45, 7) is 2.06. The molecule has 1 saturated carbocycles. The Morgan fingerprint density at radius 3 is 2.63 bits per heavy atom. The molecule has 1 aliphatic rings. The van der Waals surface area contributed by atoms with Gasteiger partial charge in [0.05, 0.1) is 13.3 Å². The summed E-state index contributed by atoms with van der Waals surface area (Å²) in [5.74, 6) is 2.73. The van der Waals surface area contributed by atoms with Crippen LogP contribution in [0.1, 0.15) is 31.2 Å². The van der Waals surface area contributed by atoms with Crippen LogP contribution in [0, 0.1) is 17.0 Å². The van der Waals surface area contributed by atoms with E-state index >= 15 is 0 Å². The summed E-state index contributed by atoms with van der Waals surface area (Å²) in [5, 5.41) is 26.4. The first-order valence-electron chi connectivity index (χ1n) is 10.5. The van der Waals surface area contributed by atoms with Gasteiger partial charge in [0.15, 0.2) is 5.82 Å². The fraction of sp³-hybridized carbons (Fsp3) is 0.524. The quantitative estimate of drug-likeness (QED) is 0.370. The highest BCUT2D eigenvalue weighted by atomic mass is 16.8. The Morgan fingerprint density at radius 1 is 1.20 bits per heavy atom. The number of nitrogens with two attached hydrogens (primary N) is 1. The summed E-state index contributed by atoms with van der Waals surface area (Å²) >= 11 is 0. The number of nitrogens with one attached hydrogen (secondary N) is 3. The first kappa shape index (κ1) is 22.2. The number of methoxy groups -OCH3 is 1. The first-order chi connectivity index (χ1) is 14.6. The molecule has 3 rings (SSSR count). The number of nitrogens with zero attached hydrogens (tertiary/aromatic N) is 2. The number of quaternary nitrogens is 1. The predicted molar refractivity (Wildman–Crippen MR) is 116 cm³/mol. The van der Waals surface area contributed by atoms with Crippen molar-refractivity contribution in [1.29, 1.82) is 0 Å². The lowest BCUT2D eigenvalue weighted by molar-refractivity contribution is -0.991. The van der Waals surface area contributed by atoms with Crippen LogP contribution < -0.4 is 26.3 Å². The zero-order chi connectivity index (χ0) is 21.3. The maximum absolute atomic E-state index is 11.6. The van der Waals surface area contributed by atoms with Crippen molar-refractivity contribution in [2.45, 2.75) is 32.1 Å². The van der Waals surface area contributed by atoms with Gasteiger partial charge in [-0.15, -0.1) is 0 Å². The standard InChI is InChI=1S/C21H32N6O3/c1-30-19-5-3-2-4-17(19)10-11-23-21-25-14-18(27(28)29)20(26-21)24-13-16-8-6-15(12-22)7-9-16/h2-5,14-16,27-28H,6-13,22H2,1H3,(H2,23,24,25,26). The zero-order valence-corrected chi connectivity index (χ0v) is 17.4. The molecule has 6 N–H and O–H groups in total. The van der Waals surface area contributed by atoms with Crippen molar-refractivity contribution in [3.8, 4) is 5.75 Å². The normalized spacial score (nSPS) is 19.9. The highest BCUT2D eigenvalue weighted by Gasteiger charge is 2.21. The Bertz CT molecular complexity index is 796. The van der Waals surface area contributed by atoms with E-state index < -0.39 is 5.23 Å². The molecule has 0 spiro atoms. The second-order valence-electron chi connectivity index (χ2n) is 7.75. The first-order valence-corrected chi connectivity index (χ1v) is 10.5. The molecule has 30 heavy (non-hydrogen) atoms. The Morgan fingerprint density at radius 2 is 1.93 bits per heavy atom. The largest absolute Gasteiger partial charge is 0.595 e. The van der Waals surface area contributed by atoms with Crippen LogP contribution in [-0.2, 0) is 6.42 Å². The molecule has 1 fully saturated rings. The van der Waals surface area contributed by atoms with Crippen molar-refractivity contribution >= 4 is 17.5 Å². The van der Waals surface area contributed by atoms with E-state index in [9.17, 15) is 10.4 Å². The van der Waals surface area contributed by atoms with E-state index in [1.54, 1.807) is 7.11 Å². The van der Waals surface area contributed by atoms with Gasteiger partial charge < -0.3 is 26.3 Å². The molecule has 9 heteroatoms. The van der Waals surface area contributed by atoms with Gasteiger partial charge in [-0.1, -0.05) is 18.2 Å². The third-order valence-corrected chi connectivity index (χ3v) is 5.75. The maximum atomic E-state index is 11.6. The SMILES string of the molecule is COc1ccccc1CCNc1ncc([NH+]([O-])O)c(NCC2CCC(CN)CC2)n1. The van der Waals surface area contributed by atoms with E-state index in [0.717, 1.165) is 50.0 Å². The number of aromatic nitrogens is 2. The van der Waals surface area contributed by atoms with Crippen LogP contribution >= 0.6 is 0 Å². The van der Waals surface area contributed by atoms with Crippen molar-refractivity contribution < 1.29 is 15.2 Å². The minimum absolute atomic E-state index is 0.0842. The molecule has 1 aromatic carbocycles. The van der Waals surface area contributed by atoms with Gasteiger partial charge in [0.1, 0.15) is 5.75 Å². The molecule has 1 atom stereocenters. The van der Waals surface area contributed by atoms with Crippen LogP contribution in [0.15, 0.2) is 30.5 Å². The predicted octanol–water partition coefficient (Wildman–Crippen LogP) is 1.72. The van der Waals surface area contributed by atoms with E-state index in [2.05, 4.69) is 20.6 Å². The fourth-order valence-corrected chi connectivity index (χ4v) is 3.89. The second-order valence-corrected chi connectivity index (χ2v) is 7.75. The number of hydrogen-bond acceptors (Lipinski definition) is 8. The number of anilines is 2. The van der Waals surface area contributed by atoms with Crippen molar-refractivity contribution in [2.24, 2.45) is 17.6 Å². The average molecular weight is 417 g/mol.